The van der Waals surface area contributed by atoms with Gasteiger partial charge in [-0.3, -0.25) is 0 Å². The highest BCUT2D eigenvalue weighted by atomic mass is 35.5. The average molecular weight is 311 g/mol. The summed E-state index contributed by atoms with van der Waals surface area (Å²) in [7, 11) is 0. The second kappa shape index (κ2) is 6.47. The molecule has 3 atom stereocenters. The first kappa shape index (κ1) is 15.8. The van der Waals surface area contributed by atoms with E-state index in [0.717, 1.165) is 11.3 Å². The third-order valence-corrected chi connectivity index (χ3v) is 3.69. The molecule has 0 aromatic carbocycles. The number of aliphatic hydroxyl groups is 2. The van der Waals surface area contributed by atoms with Crippen LogP contribution in [0, 0.1) is 5.92 Å². The maximum Gasteiger partial charge on any atom is 0.221 e. The van der Waals surface area contributed by atoms with E-state index in [9.17, 15) is 10.2 Å². The topological polar surface area (TPSA) is 82.3 Å². The molecule has 2 rings (SSSR count). The number of H-pyrrole nitrogens is 1. The second-order valence-corrected chi connectivity index (χ2v) is 5.62. The standard InChI is InChI=1S/C15H19ClN2O3/c1-8(6-11-4-5-13(16)17-11)15-18-12(7-21-15)14(20)9(2)10(3)19/h4-7,9-10,14,17,19-20H,1-3H3/t9-,10-,14-/m0/s1. The van der Waals surface area contributed by atoms with Crippen molar-refractivity contribution in [1.82, 2.24) is 9.97 Å². The fourth-order valence-corrected chi connectivity index (χ4v) is 2.07. The Morgan fingerprint density at radius 3 is 2.67 bits per heavy atom. The summed E-state index contributed by atoms with van der Waals surface area (Å²) in [5, 5.41) is 20.2. The summed E-state index contributed by atoms with van der Waals surface area (Å²) in [5.74, 6) is 0.0991. The quantitative estimate of drug-likeness (QED) is 0.791. The number of allylic oxidation sites excluding steroid dienone is 1. The highest BCUT2D eigenvalue weighted by Gasteiger charge is 2.24. The summed E-state index contributed by atoms with van der Waals surface area (Å²) in [4.78, 5) is 7.25. The fourth-order valence-electron chi connectivity index (χ4n) is 1.90. The first-order valence-electron chi connectivity index (χ1n) is 6.73. The lowest BCUT2D eigenvalue weighted by Crippen LogP contribution is -2.21. The summed E-state index contributed by atoms with van der Waals surface area (Å²) >= 11 is 5.82. The Morgan fingerprint density at radius 2 is 2.10 bits per heavy atom. The van der Waals surface area contributed by atoms with Crippen molar-refractivity contribution in [3.63, 3.8) is 0 Å². The van der Waals surface area contributed by atoms with E-state index in [2.05, 4.69) is 9.97 Å². The summed E-state index contributed by atoms with van der Waals surface area (Å²) < 4.78 is 5.39. The monoisotopic (exact) mass is 310 g/mol. The predicted octanol–water partition coefficient (Wildman–Crippen LogP) is 3.27. The van der Waals surface area contributed by atoms with Gasteiger partial charge in [0.1, 0.15) is 23.2 Å². The predicted molar refractivity (Wildman–Crippen MR) is 81.7 cm³/mol. The number of nitrogens with zero attached hydrogens (tertiary/aromatic N) is 1. The van der Waals surface area contributed by atoms with Crippen molar-refractivity contribution in [2.24, 2.45) is 5.92 Å². The van der Waals surface area contributed by atoms with E-state index >= 15 is 0 Å². The van der Waals surface area contributed by atoms with Crippen molar-refractivity contribution in [3.05, 3.63) is 40.8 Å². The Kier molecular flexibility index (Phi) is 4.88. The Bertz CT molecular complexity index is 630. The lowest BCUT2D eigenvalue weighted by molar-refractivity contribution is 0.0283. The van der Waals surface area contributed by atoms with Gasteiger partial charge in [0.2, 0.25) is 5.89 Å². The van der Waals surface area contributed by atoms with Crippen molar-refractivity contribution in [2.45, 2.75) is 33.0 Å². The van der Waals surface area contributed by atoms with Crippen LogP contribution in [0.5, 0.6) is 0 Å². The molecule has 21 heavy (non-hydrogen) atoms. The maximum atomic E-state index is 10.1. The van der Waals surface area contributed by atoms with Crippen LogP contribution in [0.2, 0.25) is 5.15 Å². The van der Waals surface area contributed by atoms with Gasteiger partial charge in [-0.1, -0.05) is 18.5 Å². The van der Waals surface area contributed by atoms with Gasteiger partial charge >= 0.3 is 0 Å². The lowest BCUT2D eigenvalue weighted by Gasteiger charge is -2.18. The van der Waals surface area contributed by atoms with E-state index in [1.54, 1.807) is 19.9 Å². The van der Waals surface area contributed by atoms with Crippen LogP contribution < -0.4 is 0 Å². The van der Waals surface area contributed by atoms with Crippen LogP contribution in [0.15, 0.2) is 22.8 Å². The van der Waals surface area contributed by atoms with E-state index in [1.165, 1.54) is 6.26 Å². The number of aromatic nitrogens is 2. The van der Waals surface area contributed by atoms with Crippen LogP contribution in [-0.2, 0) is 0 Å². The Morgan fingerprint density at radius 1 is 1.38 bits per heavy atom. The molecular weight excluding hydrogens is 292 g/mol. The van der Waals surface area contributed by atoms with Crippen LogP contribution in [-0.4, -0.2) is 26.3 Å². The van der Waals surface area contributed by atoms with Crippen molar-refractivity contribution in [1.29, 1.82) is 0 Å². The van der Waals surface area contributed by atoms with Gasteiger partial charge in [0.25, 0.3) is 0 Å². The Hall–Kier alpha value is -1.56. The van der Waals surface area contributed by atoms with Gasteiger partial charge in [0.15, 0.2) is 0 Å². The fraction of sp³-hybridized carbons (Fsp3) is 0.400. The molecule has 0 radical (unpaired) electrons. The molecule has 6 heteroatoms. The molecule has 2 heterocycles. The molecule has 0 aliphatic heterocycles. The number of oxazole rings is 1. The minimum Gasteiger partial charge on any atom is -0.444 e. The Balaban J connectivity index is 2.17. The summed E-state index contributed by atoms with van der Waals surface area (Å²) in [5.41, 5.74) is 2.06. The number of halogens is 1. The smallest absolute Gasteiger partial charge is 0.221 e. The van der Waals surface area contributed by atoms with E-state index in [4.69, 9.17) is 16.0 Å². The van der Waals surface area contributed by atoms with Crippen molar-refractivity contribution in [3.8, 4) is 0 Å². The molecule has 3 N–H and O–H groups in total. The van der Waals surface area contributed by atoms with Gasteiger partial charge in [0, 0.05) is 17.2 Å². The van der Waals surface area contributed by atoms with E-state index < -0.39 is 12.2 Å². The summed E-state index contributed by atoms with van der Waals surface area (Å²) in [6.45, 7) is 5.25. The van der Waals surface area contributed by atoms with Crippen LogP contribution in [0.25, 0.3) is 11.6 Å². The maximum absolute atomic E-state index is 10.1. The normalized spacial score (nSPS) is 16.8. The molecule has 2 aromatic rings. The molecule has 0 saturated carbocycles. The molecule has 2 aromatic heterocycles. The molecule has 114 valence electrons. The minimum atomic E-state index is -0.866. The van der Waals surface area contributed by atoms with Crippen LogP contribution in [0.4, 0.5) is 0 Å². The van der Waals surface area contributed by atoms with Gasteiger partial charge in [-0.2, -0.15) is 0 Å². The number of hydrogen-bond donors (Lipinski definition) is 3. The summed E-state index contributed by atoms with van der Waals surface area (Å²) in [6, 6.07) is 3.61. The first-order chi connectivity index (χ1) is 9.88. The molecule has 5 nitrogen and oxygen atoms in total. The molecule has 0 saturated heterocycles. The number of aliphatic hydroxyl groups excluding tert-OH is 2. The van der Waals surface area contributed by atoms with Crippen LogP contribution in [0.1, 0.15) is 44.2 Å². The lowest BCUT2D eigenvalue weighted by atomic mass is 9.97. The molecule has 0 bridgehead atoms. The minimum absolute atomic E-state index is 0.325. The zero-order valence-corrected chi connectivity index (χ0v) is 12.9. The first-order valence-corrected chi connectivity index (χ1v) is 7.11. The molecule has 0 unspecified atom stereocenters. The van der Waals surface area contributed by atoms with Crippen LogP contribution in [0.3, 0.4) is 0 Å². The highest BCUT2D eigenvalue weighted by molar-refractivity contribution is 6.29. The second-order valence-electron chi connectivity index (χ2n) is 5.21. The van der Waals surface area contributed by atoms with Gasteiger partial charge < -0.3 is 19.6 Å². The molecule has 0 fully saturated rings. The van der Waals surface area contributed by atoms with Gasteiger partial charge in [0.05, 0.1) is 6.10 Å². The van der Waals surface area contributed by atoms with Gasteiger partial charge in [-0.25, -0.2) is 4.98 Å². The van der Waals surface area contributed by atoms with Crippen LogP contribution >= 0.6 is 11.6 Å². The third-order valence-electron chi connectivity index (χ3n) is 3.47. The molecule has 0 spiro atoms. The highest BCUT2D eigenvalue weighted by Crippen LogP contribution is 2.26. The number of aromatic amines is 1. The largest absolute Gasteiger partial charge is 0.444 e. The van der Waals surface area contributed by atoms with Crippen molar-refractivity contribution >= 4 is 23.3 Å². The zero-order valence-electron chi connectivity index (χ0n) is 12.2. The molecule has 0 amide bonds. The van der Waals surface area contributed by atoms with Crippen molar-refractivity contribution < 1.29 is 14.6 Å². The Labute approximate surface area is 128 Å². The molecule has 0 aliphatic rings. The molecule has 0 aliphatic carbocycles. The number of nitrogens with one attached hydrogen (secondary N) is 1. The number of rotatable bonds is 5. The van der Waals surface area contributed by atoms with E-state index in [-0.39, 0.29) is 5.92 Å². The average Bonchev–Trinajstić information content (AvgIpc) is 3.06. The third kappa shape index (κ3) is 3.75. The van der Waals surface area contributed by atoms with Crippen molar-refractivity contribution in [2.75, 3.05) is 0 Å². The van der Waals surface area contributed by atoms with Gasteiger partial charge in [-0.15, -0.1) is 0 Å². The SMILES string of the molecule is CC(=Cc1ccc(Cl)[nH]1)c1nc([C@@H](O)[C@@H](C)[C@H](C)O)co1. The zero-order chi connectivity index (χ0) is 15.6. The van der Waals surface area contributed by atoms with E-state index in [1.807, 2.05) is 19.1 Å². The number of hydrogen-bond acceptors (Lipinski definition) is 4. The van der Waals surface area contributed by atoms with E-state index in [0.29, 0.717) is 16.7 Å². The van der Waals surface area contributed by atoms with Gasteiger partial charge in [-0.05, 0) is 32.1 Å². The molecular formula is C15H19ClN2O3. The summed E-state index contributed by atoms with van der Waals surface area (Å²) in [6.07, 6.45) is 1.78.